The van der Waals surface area contributed by atoms with E-state index >= 15 is 0 Å². The van der Waals surface area contributed by atoms with E-state index in [0.29, 0.717) is 11.4 Å². The molecule has 1 aliphatic heterocycles. The van der Waals surface area contributed by atoms with Crippen LogP contribution in [0.1, 0.15) is 0 Å². The quantitative estimate of drug-likeness (QED) is 0.260. The number of nitrogens with zero attached hydrogens (tertiary/aromatic N) is 4. The van der Waals surface area contributed by atoms with Crippen molar-refractivity contribution in [3.05, 3.63) is 77.3 Å². The molecule has 2 aromatic heterocycles. The second kappa shape index (κ2) is 8.60. The van der Waals surface area contributed by atoms with Crippen LogP contribution < -0.4 is 16.2 Å². The van der Waals surface area contributed by atoms with E-state index in [1.54, 1.807) is 60.7 Å². The first-order valence-electron chi connectivity index (χ1n) is 10.7. The molecule has 1 saturated heterocycles. The van der Waals surface area contributed by atoms with Crippen molar-refractivity contribution >= 4 is 34.4 Å². The molecule has 1 aliphatic rings. The highest BCUT2D eigenvalue weighted by molar-refractivity contribution is 6.05. The van der Waals surface area contributed by atoms with E-state index in [0.717, 1.165) is 10.9 Å². The molecular weight excluding hydrogens is 456 g/mol. The minimum Gasteiger partial charge on any atom is -0.394 e. The van der Waals surface area contributed by atoms with E-state index in [1.165, 1.54) is 4.90 Å². The first kappa shape index (κ1) is 22.7. The summed E-state index contributed by atoms with van der Waals surface area (Å²) in [4.78, 5) is 38.6. The molecule has 0 saturated carbocycles. The van der Waals surface area contributed by atoms with Crippen molar-refractivity contribution in [1.82, 2.24) is 19.5 Å². The number of nitrogens with one attached hydrogen (secondary N) is 1. The van der Waals surface area contributed by atoms with E-state index in [-0.39, 0.29) is 17.1 Å². The molecule has 12 nitrogen and oxygen atoms in total. The molecule has 1 fully saturated rings. The summed E-state index contributed by atoms with van der Waals surface area (Å²) in [5.74, 6) is -1.07. The SMILES string of the molecule is Nc1nc2c(ncn2[C@]2(C(=O)N(c3ccccc3)c3ccccc3)O[C@H](CO)[C@@H](O)[C@H]2O)c(=O)[nH]1. The number of rotatable bonds is 5. The van der Waals surface area contributed by atoms with Gasteiger partial charge in [-0.25, -0.2) is 4.98 Å². The third-order valence-corrected chi connectivity index (χ3v) is 5.94. The molecule has 3 heterocycles. The van der Waals surface area contributed by atoms with Gasteiger partial charge in [0, 0.05) is 11.4 Å². The Bertz CT molecular complexity index is 1390. The number of nitrogen functional groups attached to an aromatic ring is 1. The fourth-order valence-electron chi connectivity index (χ4n) is 4.30. The van der Waals surface area contributed by atoms with Crippen molar-refractivity contribution < 1.29 is 24.9 Å². The maximum atomic E-state index is 14.5. The van der Waals surface area contributed by atoms with Crippen LogP contribution in [0.15, 0.2) is 71.8 Å². The van der Waals surface area contributed by atoms with Gasteiger partial charge in [-0.2, -0.15) is 4.98 Å². The van der Waals surface area contributed by atoms with Crippen LogP contribution in [0.4, 0.5) is 17.3 Å². The van der Waals surface area contributed by atoms with Gasteiger partial charge < -0.3 is 25.8 Å². The number of aliphatic hydroxyl groups is 3. The second-order valence-electron chi connectivity index (χ2n) is 8.02. The molecule has 4 atom stereocenters. The van der Waals surface area contributed by atoms with Crippen LogP contribution in [-0.2, 0) is 15.3 Å². The Balaban J connectivity index is 1.79. The van der Waals surface area contributed by atoms with Gasteiger partial charge in [0.05, 0.1) is 6.61 Å². The average molecular weight is 478 g/mol. The molecule has 6 N–H and O–H groups in total. The Labute approximate surface area is 197 Å². The number of benzene rings is 2. The van der Waals surface area contributed by atoms with Crippen molar-refractivity contribution in [3.63, 3.8) is 0 Å². The average Bonchev–Trinajstić information content (AvgIpc) is 3.40. The maximum Gasteiger partial charge on any atom is 0.288 e. The molecule has 0 radical (unpaired) electrons. The Hall–Kier alpha value is -4.10. The van der Waals surface area contributed by atoms with E-state index in [1.807, 2.05) is 0 Å². The monoisotopic (exact) mass is 478 g/mol. The molecule has 35 heavy (non-hydrogen) atoms. The maximum absolute atomic E-state index is 14.5. The summed E-state index contributed by atoms with van der Waals surface area (Å²) in [6.07, 6.45) is -3.73. The lowest BCUT2D eigenvalue weighted by molar-refractivity contribution is -0.172. The summed E-state index contributed by atoms with van der Waals surface area (Å²) >= 11 is 0. The van der Waals surface area contributed by atoms with Crippen LogP contribution in [0.5, 0.6) is 0 Å². The van der Waals surface area contributed by atoms with Crippen LogP contribution in [0.2, 0.25) is 0 Å². The highest BCUT2D eigenvalue weighted by Crippen LogP contribution is 2.41. The molecule has 4 aromatic rings. The third-order valence-electron chi connectivity index (χ3n) is 5.94. The van der Waals surface area contributed by atoms with Crippen LogP contribution in [0.25, 0.3) is 11.2 Å². The Morgan fingerprint density at radius 2 is 1.71 bits per heavy atom. The van der Waals surface area contributed by atoms with Gasteiger partial charge in [0.15, 0.2) is 11.2 Å². The molecule has 0 spiro atoms. The van der Waals surface area contributed by atoms with Crippen molar-refractivity contribution in [2.75, 3.05) is 17.2 Å². The summed E-state index contributed by atoms with van der Waals surface area (Å²) in [6, 6.07) is 17.2. The summed E-state index contributed by atoms with van der Waals surface area (Å²) in [5.41, 5.74) is 3.28. The molecule has 0 bridgehead atoms. The number of hydrogen-bond acceptors (Lipinski definition) is 9. The first-order chi connectivity index (χ1) is 16.9. The van der Waals surface area contributed by atoms with Crippen LogP contribution >= 0.6 is 0 Å². The minimum atomic E-state index is -2.36. The number of anilines is 3. The normalized spacial score (nSPS) is 24.0. The number of H-pyrrole nitrogens is 1. The molecule has 1 amide bonds. The smallest absolute Gasteiger partial charge is 0.288 e. The lowest BCUT2D eigenvalue weighted by Crippen LogP contribution is -2.56. The number of imidazole rings is 1. The van der Waals surface area contributed by atoms with E-state index in [9.17, 15) is 24.9 Å². The summed E-state index contributed by atoms with van der Waals surface area (Å²) < 4.78 is 7.00. The van der Waals surface area contributed by atoms with Gasteiger partial charge in [-0.1, -0.05) is 36.4 Å². The first-order valence-corrected chi connectivity index (χ1v) is 10.7. The lowest BCUT2D eigenvalue weighted by Gasteiger charge is -2.37. The van der Waals surface area contributed by atoms with Crippen LogP contribution in [0.3, 0.4) is 0 Å². The zero-order valence-electron chi connectivity index (χ0n) is 18.2. The fourth-order valence-corrected chi connectivity index (χ4v) is 4.30. The van der Waals surface area contributed by atoms with Gasteiger partial charge in [0.1, 0.15) is 24.6 Å². The zero-order valence-corrected chi connectivity index (χ0v) is 18.2. The van der Waals surface area contributed by atoms with Crippen LogP contribution in [0, 0.1) is 0 Å². The molecule has 5 rings (SSSR count). The molecule has 180 valence electrons. The lowest BCUT2D eigenvalue weighted by atomic mass is 9.99. The highest BCUT2D eigenvalue weighted by atomic mass is 16.6. The number of carbonyl (C=O) groups is 1. The van der Waals surface area contributed by atoms with Gasteiger partial charge in [0.2, 0.25) is 5.95 Å². The molecular formula is C23H22N6O6. The number of amides is 1. The van der Waals surface area contributed by atoms with Crippen LogP contribution in [-0.4, -0.2) is 65.7 Å². The van der Waals surface area contributed by atoms with Crippen molar-refractivity contribution in [2.45, 2.75) is 24.0 Å². The highest BCUT2D eigenvalue weighted by Gasteiger charge is 2.62. The Morgan fingerprint density at radius 1 is 1.11 bits per heavy atom. The number of para-hydroxylation sites is 2. The van der Waals surface area contributed by atoms with Crippen molar-refractivity contribution in [3.8, 4) is 0 Å². The number of carbonyl (C=O) groups excluding carboxylic acids is 1. The largest absolute Gasteiger partial charge is 0.394 e. The molecule has 0 unspecified atom stereocenters. The Kier molecular flexibility index (Phi) is 5.57. The standard InChI is InChI=1S/C23H22N6O6/c24-22-26-19-16(20(33)27-22)25-12-28(19)23(18(32)17(31)15(11-30)35-23)21(34)29(13-7-3-1-4-8-13)14-9-5-2-6-10-14/h1-10,12,15,17-18,30-32H,11H2,(H3,24,26,27,33)/t15-,17-,18-,23+/m1/s1. The predicted octanol–water partition coefficient (Wildman–Crippen LogP) is -0.168. The number of fused-ring (bicyclic) bond motifs is 1. The third kappa shape index (κ3) is 3.47. The summed E-state index contributed by atoms with van der Waals surface area (Å²) in [7, 11) is 0. The van der Waals surface area contributed by atoms with Crippen molar-refractivity contribution in [1.29, 1.82) is 0 Å². The van der Waals surface area contributed by atoms with Gasteiger partial charge in [0.25, 0.3) is 17.2 Å². The molecule has 0 aliphatic carbocycles. The van der Waals surface area contributed by atoms with Gasteiger partial charge in [-0.05, 0) is 24.3 Å². The number of nitrogens with two attached hydrogens (primary N) is 1. The summed E-state index contributed by atoms with van der Waals surface area (Å²) in [5, 5.41) is 31.8. The second-order valence-corrected chi connectivity index (χ2v) is 8.02. The zero-order chi connectivity index (χ0) is 24.7. The summed E-state index contributed by atoms with van der Waals surface area (Å²) in [6.45, 7) is -0.688. The van der Waals surface area contributed by atoms with E-state index in [2.05, 4.69) is 15.0 Å². The number of hydrogen-bond donors (Lipinski definition) is 5. The Morgan fingerprint density at radius 3 is 2.26 bits per heavy atom. The minimum absolute atomic E-state index is 0.148. The van der Waals surface area contributed by atoms with Gasteiger partial charge in [-0.15, -0.1) is 0 Å². The van der Waals surface area contributed by atoms with E-state index < -0.39 is 42.1 Å². The number of aromatic nitrogens is 4. The predicted molar refractivity (Wildman–Crippen MR) is 125 cm³/mol. The number of aromatic amines is 1. The molecule has 12 heteroatoms. The topological polar surface area (TPSA) is 180 Å². The van der Waals surface area contributed by atoms with Gasteiger partial charge >= 0.3 is 0 Å². The molecule has 2 aromatic carbocycles. The van der Waals surface area contributed by atoms with Gasteiger partial charge in [-0.3, -0.25) is 24.0 Å². The number of ether oxygens (including phenoxy) is 1. The van der Waals surface area contributed by atoms with E-state index in [4.69, 9.17) is 10.5 Å². The fraction of sp³-hybridized carbons (Fsp3) is 0.217. The number of aliphatic hydroxyl groups excluding tert-OH is 3. The van der Waals surface area contributed by atoms with Crippen molar-refractivity contribution in [2.24, 2.45) is 0 Å².